The Bertz CT molecular complexity index is 557. The van der Waals surface area contributed by atoms with Gasteiger partial charge in [-0.1, -0.05) is 39.7 Å². The van der Waals surface area contributed by atoms with Crippen molar-refractivity contribution in [2.75, 3.05) is 0 Å². The van der Waals surface area contributed by atoms with Crippen molar-refractivity contribution in [3.8, 4) is 0 Å². The fourth-order valence-electron chi connectivity index (χ4n) is 4.44. The molecule has 0 amide bonds. The van der Waals surface area contributed by atoms with Crippen LogP contribution in [0.15, 0.2) is 40.4 Å². The summed E-state index contributed by atoms with van der Waals surface area (Å²) in [6, 6.07) is 7.83. The quantitative estimate of drug-likeness (QED) is 0.574. The van der Waals surface area contributed by atoms with E-state index in [1.165, 1.54) is 25.7 Å². The molecule has 3 aliphatic carbocycles. The molecule has 1 aromatic rings. The Morgan fingerprint density at radius 3 is 2.68 bits per heavy atom. The number of carbonyl (C=O) groups excluding carboxylic acids is 1. The summed E-state index contributed by atoms with van der Waals surface area (Å²) in [5.74, 6) is 2.81. The minimum Gasteiger partial charge on any atom is -0.294 e. The molecule has 1 aromatic carbocycles. The summed E-state index contributed by atoms with van der Waals surface area (Å²) in [4.78, 5) is 12.7. The molecule has 0 aliphatic heterocycles. The Balaban J connectivity index is 1.66. The lowest BCUT2D eigenvalue weighted by Crippen LogP contribution is -2.24. The maximum Gasteiger partial charge on any atom is 0.169 e. The summed E-state index contributed by atoms with van der Waals surface area (Å²) >= 11 is 3.43. The molecule has 1 nitrogen and oxygen atoms in total. The fraction of sp³-hybridized carbons (Fsp3) is 0.471. The highest BCUT2D eigenvalue weighted by atomic mass is 79.9. The van der Waals surface area contributed by atoms with Gasteiger partial charge in [0.25, 0.3) is 0 Å². The van der Waals surface area contributed by atoms with Crippen molar-refractivity contribution in [3.05, 3.63) is 46.0 Å². The number of rotatable bonds is 2. The fourth-order valence-corrected chi connectivity index (χ4v) is 4.71. The maximum atomic E-state index is 12.7. The van der Waals surface area contributed by atoms with Gasteiger partial charge in [0.15, 0.2) is 5.78 Å². The zero-order chi connectivity index (χ0) is 13.0. The van der Waals surface area contributed by atoms with Crippen LogP contribution in [0, 0.1) is 23.7 Å². The first-order valence-corrected chi connectivity index (χ1v) is 8.02. The predicted molar refractivity (Wildman–Crippen MR) is 79.0 cm³/mol. The van der Waals surface area contributed by atoms with Gasteiger partial charge in [-0.15, -0.1) is 0 Å². The van der Waals surface area contributed by atoms with Crippen LogP contribution in [0.4, 0.5) is 0 Å². The van der Waals surface area contributed by atoms with Crippen molar-refractivity contribution in [1.82, 2.24) is 0 Å². The third kappa shape index (κ3) is 1.84. The smallest absolute Gasteiger partial charge is 0.169 e. The zero-order valence-electron chi connectivity index (χ0n) is 10.8. The van der Waals surface area contributed by atoms with E-state index in [2.05, 4.69) is 22.0 Å². The Morgan fingerprint density at radius 2 is 1.89 bits per heavy atom. The van der Waals surface area contributed by atoms with E-state index < -0.39 is 0 Å². The van der Waals surface area contributed by atoms with Crippen molar-refractivity contribution in [2.45, 2.75) is 25.7 Å². The molecule has 0 spiro atoms. The van der Waals surface area contributed by atoms with E-state index in [4.69, 9.17) is 0 Å². The highest BCUT2D eigenvalue weighted by Crippen LogP contribution is 2.56. The lowest BCUT2D eigenvalue weighted by Gasteiger charge is -2.26. The van der Waals surface area contributed by atoms with E-state index in [1.807, 2.05) is 24.3 Å². The first kappa shape index (κ1) is 11.9. The Morgan fingerprint density at radius 1 is 1.11 bits per heavy atom. The second-order valence-corrected chi connectivity index (χ2v) is 7.19. The molecule has 2 heteroatoms. The summed E-state index contributed by atoms with van der Waals surface area (Å²) in [5, 5.41) is 0. The summed E-state index contributed by atoms with van der Waals surface area (Å²) in [6.45, 7) is 0. The van der Waals surface area contributed by atoms with Crippen LogP contribution in [-0.2, 0) is 0 Å². The summed E-state index contributed by atoms with van der Waals surface area (Å²) < 4.78 is 1.03. The zero-order valence-corrected chi connectivity index (χ0v) is 12.4. The minimum atomic E-state index is 0.151. The lowest BCUT2D eigenvalue weighted by molar-refractivity contribution is 0.0902. The van der Waals surface area contributed by atoms with Crippen molar-refractivity contribution in [3.63, 3.8) is 0 Å². The van der Waals surface area contributed by atoms with Gasteiger partial charge in [-0.3, -0.25) is 4.79 Å². The van der Waals surface area contributed by atoms with Gasteiger partial charge in [0, 0.05) is 16.0 Å². The molecule has 98 valence electrons. The highest BCUT2D eigenvalue weighted by Gasteiger charge is 2.47. The molecule has 0 heterocycles. The van der Waals surface area contributed by atoms with Gasteiger partial charge in [-0.2, -0.15) is 0 Å². The number of halogens is 1. The van der Waals surface area contributed by atoms with Gasteiger partial charge in [-0.05, 0) is 55.6 Å². The van der Waals surface area contributed by atoms with Crippen molar-refractivity contribution in [2.24, 2.45) is 23.7 Å². The van der Waals surface area contributed by atoms with Crippen molar-refractivity contribution < 1.29 is 4.79 Å². The first-order chi connectivity index (χ1) is 9.22. The third-order valence-electron chi connectivity index (χ3n) is 5.34. The molecule has 2 saturated carbocycles. The molecular formula is C17H17BrO. The van der Waals surface area contributed by atoms with Gasteiger partial charge in [0.2, 0.25) is 0 Å². The van der Waals surface area contributed by atoms with Crippen LogP contribution >= 0.6 is 15.9 Å². The molecule has 2 bridgehead atoms. The van der Waals surface area contributed by atoms with Crippen LogP contribution in [0.5, 0.6) is 0 Å². The number of Topliss-reactive ketones (excluding diaryl/α,β-unsaturated/α-hetero) is 1. The van der Waals surface area contributed by atoms with Crippen LogP contribution in [0.3, 0.4) is 0 Å². The largest absolute Gasteiger partial charge is 0.294 e. The third-order valence-corrected chi connectivity index (χ3v) is 5.87. The van der Waals surface area contributed by atoms with Gasteiger partial charge >= 0.3 is 0 Å². The summed E-state index contributed by atoms with van der Waals surface area (Å²) in [5.41, 5.74) is 2.46. The molecule has 3 aliphatic rings. The molecule has 4 atom stereocenters. The number of allylic oxidation sites excluding steroid dienone is 2. The number of ketones is 1. The van der Waals surface area contributed by atoms with Crippen molar-refractivity contribution >= 4 is 21.7 Å². The Hall–Kier alpha value is -0.890. The number of fused-ring (bicyclic) bond motifs is 1. The number of hydrogen-bond donors (Lipinski definition) is 0. The molecule has 4 rings (SSSR count). The molecule has 0 radical (unpaired) electrons. The maximum absolute atomic E-state index is 12.7. The average molecular weight is 317 g/mol. The van der Waals surface area contributed by atoms with E-state index in [1.54, 1.807) is 5.57 Å². The van der Waals surface area contributed by atoms with E-state index in [0.29, 0.717) is 11.7 Å². The van der Waals surface area contributed by atoms with E-state index in [0.717, 1.165) is 21.9 Å². The summed E-state index contributed by atoms with van der Waals surface area (Å²) in [6.07, 6.45) is 7.48. The second-order valence-electron chi connectivity index (χ2n) is 6.28. The van der Waals surface area contributed by atoms with Crippen LogP contribution in [0.1, 0.15) is 36.0 Å². The lowest BCUT2D eigenvalue weighted by atomic mass is 9.77. The van der Waals surface area contributed by atoms with Crippen LogP contribution < -0.4 is 0 Å². The molecule has 0 aromatic heterocycles. The Kier molecular flexibility index (Phi) is 2.70. The standard InChI is InChI=1S/C17H17BrO/c18-14-5-3-10(4-6-14)17(19)16-8-12-2-1-11-7-13(16)9-15(11)12/h3-6,8,11,13,15-16H,1-2,7,9H2. The van der Waals surface area contributed by atoms with Gasteiger partial charge in [0.1, 0.15) is 0 Å². The van der Waals surface area contributed by atoms with Crippen LogP contribution in [-0.4, -0.2) is 5.78 Å². The summed E-state index contributed by atoms with van der Waals surface area (Å²) in [7, 11) is 0. The topological polar surface area (TPSA) is 17.1 Å². The first-order valence-electron chi connectivity index (χ1n) is 7.23. The molecule has 4 unspecified atom stereocenters. The van der Waals surface area contributed by atoms with Crippen LogP contribution in [0.2, 0.25) is 0 Å². The predicted octanol–water partition coefficient (Wildman–Crippen LogP) is 4.62. The molecule has 0 N–H and O–H groups in total. The number of benzene rings is 1. The average Bonchev–Trinajstić information content (AvgIpc) is 2.94. The van der Waals surface area contributed by atoms with Crippen molar-refractivity contribution in [1.29, 1.82) is 0 Å². The van der Waals surface area contributed by atoms with E-state index in [9.17, 15) is 4.79 Å². The highest BCUT2D eigenvalue weighted by molar-refractivity contribution is 9.10. The Labute approximate surface area is 122 Å². The van der Waals surface area contributed by atoms with Gasteiger partial charge in [-0.25, -0.2) is 0 Å². The number of hydrogen-bond acceptors (Lipinski definition) is 1. The SMILES string of the molecule is O=C(c1ccc(Br)cc1)C1C=C2CCC3CC1CC23. The molecule has 19 heavy (non-hydrogen) atoms. The monoisotopic (exact) mass is 316 g/mol. The van der Waals surface area contributed by atoms with Gasteiger partial charge < -0.3 is 0 Å². The van der Waals surface area contributed by atoms with E-state index >= 15 is 0 Å². The van der Waals surface area contributed by atoms with Gasteiger partial charge in [0.05, 0.1) is 0 Å². The van der Waals surface area contributed by atoms with E-state index in [-0.39, 0.29) is 5.92 Å². The second kappa shape index (κ2) is 4.31. The minimum absolute atomic E-state index is 0.151. The molecule has 0 saturated heterocycles. The molecule has 2 fully saturated rings. The molecular weight excluding hydrogens is 300 g/mol. The number of carbonyl (C=O) groups is 1. The van der Waals surface area contributed by atoms with Crippen LogP contribution in [0.25, 0.3) is 0 Å². The normalized spacial score (nSPS) is 35.3.